The van der Waals surface area contributed by atoms with E-state index in [4.69, 9.17) is 5.11 Å². The van der Waals surface area contributed by atoms with Crippen molar-refractivity contribution < 1.29 is 9.90 Å². The Morgan fingerprint density at radius 1 is 1.42 bits per heavy atom. The summed E-state index contributed by atoms with van der Waals surface area (Å²) >= 11 is 0. The zero-order chi connectivity index (χ0) is 8.72. The van der Waals surface area contributed by atoms with E-state index in [2.05, 4.69) is 4.90 Å². The van der Waals surface area contributed by atoms with Gasteiger partial charge in [-0.2, -0.15) is 0 Å². The number of hydrogen-bond acceptors (Lipinski definition) is 2. The lowest BCUT2D eigenvalue weighted by Gasteiger charge is -2.12. The molecule has 3 heteroatoms. The van der Waals surface area contributed by atoms with Gasteiger partial charge in [-0.15, -0.1) is 0 Å². The summed E-state index contributed by atoms with van der Waals surface area (Å²) in [6.07, 6.45) is 2.55. The van der Waals surface area contributed by atoms with Crippen molar-refractivity contribution in [3.63, 3.8) is 0 Å². The van der Waals surface area contributed by atoms with Gasteiger partial charge in [-0.05, 0) is 18.8 Å². The average molecular weight is 169 g/mol. The first-order valence-corrected chi connectivity index (χ1v) is 4.65. The van der Waals surface area contributed by atoms with Gasteiger partial charge in [0.1, 0.15) is 0 Å². The Morgan fingerprint density at radius 2 is 2.08 bits per heavy atom. The van der Waals surface area contributed by atoms with Crippen LogP contribution in [0.4, 0.5) is 0 Å². The number of carboxylic acids is 1. The largest absolute Gasteiger partial charge is 0.481 e. The topological polar surface area (TPSA) is 40.5 Å². The summed E-state index contributed by atoms with van der Waals surface area (Å²) in [4.78, 5) is 13.1. The lowest BCUT2D eigenvalue weighted by Crippen LogP contribution is -2.25. The Morgan fingerprint density at radius 3 is 2.50 bits per heavy atom. The molecule has 1 aliphatic carbocycles. The van der Waals surface area contributed by atoms with E-state index in [1.54, 1.807) is 0 Å². The van der Waals surface area contributed by atoms with Gasteiger partial charge in [-0.1, -0.05) is 6.92 Å². The Kier molecular flexibility index (Phi) is 1.83. The molecule has 2 unspecified atom stereocenters. The summed E-state index contributed by atoms with van der Waals surface area (Å²) in [5.41, 5.74) is 0. The van der Waals surface area contributed by atoms with Gasteiger partial charge in [0, 0.05) is 19.1 Å². The molecule has 1 heterocycles. The van der Waals surface area contributed by atoms with E-state index in [1.165, 1.54) is 12.8 Å². The fourth-order valence-electron chi connectivity index (χ4n) is 2.06. The van der Waals surface area contributed by atoms with E-state index >= 15 is 0 Å². The molecular formula is C9H15NO2. The Bertz CT molecular complexity index is 201. The third-order valence-electron chi connectivity index (χ3n) is 3.02. The lowest BCUT2D eigenvalue weighted by atomic mass is 9.99. The minimum Gasteiger partial charge on any atom is -0.481 e. The van der Waals surface area contributed by atoms with Crippen molar-refractivity contribution in [3.8, 4) is 0 Å². The molecule has 2 fully saturated rings. The van der Waals surface area contributed by atoms with Crippen LogP contribution in [0.15, 0.2) is 0 Å². The summed E-state index contributed by atoms with van der Waals surface area (Å²) in [5.74, 6) is -0.403. The van der Waals surface area contributed by atoms with Gasteiger partial charge in [0.05, 0.1) is 5.92 Å². The number of nitrogens with zero attached hydrogens (tertiary/aromatic N) is 1. The van der Waals surface area contributed by atoms with Crippen LogP contribution in [0.1, 0.15) is 19.8 Å². The normalized spacial score (nSPS) is 37.1. The molecule has 0 aromatic carbocycles. The van der Waals surface area contributed by atoms with Gasteiger partial charge in [0.15, 0.2) is 0 Å². The molecule has 0 aromatic heterocycles. The second-order valence-electron chi connectivity index (χ2n) is 4.11. The molecule has 3 nitrogen and oxygen atoms in total. The van der Waals surface area contributed by atoms with Crippen LogP contribution in [-0.2, 0) is 4.79 Å². The first-order valence-electron chi connectivity index (χ1n) is 4.65. The van der Waals surface area contributed by atoms with Gasteiger partial charge < -0.3 is 5.11 Å². The fourth-order valence-corrected chi connectivity index (χ4v) is 2.06. The van der Waals surface area contributed by atoms with Crippen LogP contribution in [0.2, 0.25) is 0 Å². The van der Waals surface area contributed by atoms with Crippen LogP contribution in [0.25, 0.3) is 0 Å². The maximum Gasteiger partial charge on any atom is 0.308 e. The van der Waals surface area contributed by atoms with Crippen molar-refractivity contribution in [3.05, 3.63) is 0 Å². The molecule has 0 aromatic rings. The van der Waals surface area contributed by atoms with Crippen LogP contribution < -0.4 is 0 Å². The van der Waals surface area contributed by atoms with Gasteiger partial charge in [0.25, 0.3) is 0 Å². The molecule has 68 valence electrons. The van der Waals surface area contributed by atoms with Crippen LogP contribution >= 0.6 is 0 Å². The number of hydrogen-bond donors (Lipinski definition) is 1. The van der Waals surface area contributed by atoms with Gasteiger partial charge in [-0.3, -0.25) is 9.69 Å². The van der Waals surface area contributed by atoms with E-state index in [1.807, 2.05) is 6.92 Å². The van der Waals surface area contributed by atoms with E-state index in [9.17, 15) is 4.79 Å². The van der Waals surface area contributed by atoms with Gasteiger partial charge >= 0.3 is 5.97 Å². The number of likely N-dealkylation sites (tertiary alicyclic amines) is 1. The second-order valence-corrected chi connectivity index (χ2v) is 4.11. The smallest absolute Gasteiger partial charge is 0.308 e. The molecule has 0 radical (unpaired) electrons. The quantitative estimate of drug-likeness (QED) is 0.664. The molecular weight excluding hydrogens is 154 g/mol. The maximum absolute atomic E-state index is 10.8. The van der Waals surface area contributed by atoms with E-state index in [0.717, 1.165) is 19.1 Å². The number of aliphatic carboxylic acids is 1. The first-order chi connectivity index (χ1) is 5.68. The van der Waals surface area contributed by atoms with Crippen molar-refractivity contribution >= 4 is 5.97 Å². The molecule has 2 aliphatic rings. The lowest BCUT2D eigenvalue weighted by molar-refractivity contribution is -0.142. The van der Waals surface area contributed by atoms with Gasteiger partial charge in [0.2, 0.25) is 0 Å². The summed E-state index contributed by atoms with van der Waals surface area (Å²) in [5, 5.41) is 8.88. The highest BCUT2D eigenvalue weighted by Crippen LogP contribution is 2.34. The maximum atomic E-state index is 10.8. The molecule has 0 amide bonds. The predicted octanol–water partition coefficient (Wildman–Crippen LogP) is 0.801. The van der Waals surface area contributed by atoms with Crippen molar-refractivity contribution in [2.24, 2.45) is 11.8 Å². The van der Waals surface area contributed by atoms with Crippen molar-refractivity contribution in [2.75, 3.05) is 13.1 Å². The molecule has 0 bridgehead atoms. The zero-order valence-electron chi connectivity index (χ0n) is 7.36. The monoisotopic (exact) mass is 169 g/mol. The summed E-state index contributed by atoms with van der Waals surface area (Å²) < 4.78 is 0. The molecule has 2 rings (SSSR count). The molecule has 2 atom stereocenters. The molecule has 1 aliphatic heterocycles. The standard InChI is InChI=1S/C9H15NO2/c1-6-4-10(7-2-3-7)5-8(6)9(11)12/h6-8H,2-5H2,1H3,(H,11,12). The first kappa shape index (κ1) is 8.05. The van der Waals surface area contributed by atoms with Crippen molar-refractivity contribution in [1.82, 2.24) is 4.90 Å². The summed E-state index contributed by atoms with van der Waals surface area (Å²) in [6.45, 7) is 3.81. The minimum atomic E-state index is -0.620. The van der Waals surface area contributed by atoms with Crippen molar-refractivity contribution in [2.45, 2.75) is 25.8 Å². The molecule has 1 saturated heterocycles. The third kappa shape index (κ3) is 1.33. The number of carboxylic acid groups (broad SMARTS) is 1. The molecule has 1 saturated carbocycles. The molecule has 1 N–H and O–H groups in total. The number of rotatable bonds is 2. The third-order valence-corrected chi connectivity index (χ3v) is 3.02. The van der Waals surface area contributed by atoms with Gasteiger partial charge in [-0.25, -0.2) is 0 Å². The SMILES string of the molecule is CC1CN(C2CC2)CC1C(=O)O. The second kappa shape index (κ2) is 2.73. The summed E-state index contributed by atoms with van der Waals surface area (Å²) in [6, 6.07) is 0.719. The van der Waals surface area contributed by atoms with E-state index in [0.29, 0.717) is 5.92 Å². The number of carbonyl (C=O) groups is 1. The Labute approximate surface area is 72.4 Å². The Hall–Kier alpha value is -0.570. The van der Waals surface area contributed by atoms with Crippen LogP contribution in [-0.4, -0.2) is 35.1 Å². The fraction of sp³-hybridized carbons (Fsp3) is 0.889. The van der Waals surface area contributed by atoms with E-state index in [-0.39, 0.29) is 5.92 Å². The predicted molar refractivity (Wildman–Crippen MR) is 44.9 cm³/mol. The highest BCUT2D eigenvalue weighted by Gasteiger charge is 2.40. The molecule has 12 heavy (non-hydrogen) atoms. The van der Waals surface area contributed by atoms with Crippen LogP contribution in [0, 0.1) is 11.8 Å². The van der Waals surface area contributed by atoms with Crippen LogP contribution in [0.3, 0.4) is 0 Å². The van der Waals surface area contributed by atoms with Crippen molar-refractivity contribution in [1.29, 1.82) is 0 Å². The Balaban J connectivity index is 1.96. The highest BCUT2D eigenvalue weighted by atomic mass is 16.4. The average Bonchev–Trinajstić information content (AvgIpc) is 2.75. The summed E-state index contributed by atoms with van der Waals surface area (Å²) in [7, 11) is 0. The minimum absolute atomic E-state index is 0.120. The molecule has 0 spiro atoms. The van der Waals surface area contributed by atoms with Crippen LogP contribution in [0.5, 0.6) is 0 Å². The van der Waals surface area contributed by atoms with E-state index < -0.39 is 5.97 Å². The zero-order valence-corrected chi connectivity index (χ0v) is 7.36. The highest BCUT2D eigenvalue weighted by molar-refractivity contribution is 5.71.